The maximum absolute atomic E-state index is 5.35. The number of aromatic nitrogens is 1. The molecule has 236 valence electrons. The minimum Gasteiger partial charge on any atom is -0.359 e. The predicted octanol–water partition coefficient (Wildman–Crippen LogP) is 12.0. The van der Waals surface area contributed by atoms with Gasteiger partial charge in [0.25, 0.3) is 0 Å². The lowest BCUT2D eigenvalue weighted by Crippen LogP contribution is -2.25. The van der Waals surface area contributed by atoms with Crippen molar-refractivity contribution >= 4 is 64.7 Å². The normalized spacial score (nSPS) is 14.6. The second-order valence-corrected chi connectivity index (χ2v) is 13.9. The van der Waals surface area contributed by atoms with Crippen LogP contribution >= 0.6 is 11.3 Å². The quantitative estimate of drug-likeness (QED) is 0.196. The summed E-state index contributed by atoms with van der Waals surface area (Å²) in [5.41, 5.74) is 11.4. The van der Waals surface area contributed by atoms with Gasteiger partial charge in [0.05, 0.1) is 16.7 Å². The van der Waals surface area contributed by atoms with Crippen LogP contribution in [0.4, 0.5) is 0 Å². The van der Waals surface area contributed by atoms with Crippen molar-refractivity contribution in [2.75, 3.05) is 0 Å². The molecule has 1 aliphatic rings. The van der Waals surface area contributed by atoms with E-state index in [-0.39, 0.29) is 6.17 Å². The summed E-state index contributed by atoms with van der Waals surface area (Å²) in [4.78, 5) is 5.35. The van der Waals surface area contributed by atoms with E-state index in [4.69, 9.17) is 4.99 Å². The number of nitrogens with one attached hydrogen (secondary N) is 1. The molecular formula is C46H31N3S. The highest BCUT2D eigenvalue weighted by Crippen LogP contribution is 2.40. The lowest BCUT2D eigenvalue weighted by Gasteiger charge is -2.25. The standard InChI is InChI=1S/C46H31N3S/c1-3-13-30(14-4-1)32-25-26-36-35-19-7-9-23-42(35)49(43(36)28-32)34-18-11-17-33(27-34)46-47-40(31-15-5-2-6-16-31)29-41(48-46)39-22-12-21-38-37-20-8-10-24-44(37)50-45(38)39/h1-29,46,48H. The van der Waals surface area contributed by atoms with Crippen molar-refractivity contribution in [3.63, 3.8) is 0 Å². The average Bonchev–Trinajstić information content (AvgIpc) is 3.74. The van der Waals surface area contributed by atoms with Crippen molar-refractivity contribution < 1.29 is 0 Å². The summed E-state index contributed by atoms with van der Waals surface area (Å²) < 4.78 is 4.99. The summed E-state index contributed by atoms with van der Waals surface area (Å²) in [5.74, 6) is 0. The molecule has 3 nitrogen and oxygen atoms in total. The SMILES string of the molecule is C1=C(c2cccc3c2sc2ccccc23)NC(c2cccc(-n3c4ccccc4c4ccc(-c5ccccc5)cc43)c2)N=C1c1ccccc1. The average molecular weight is 658 g/mol. The Labute approximate surface area is 294 Å². The Balaban J connectivity index is 1.13. The number of aliphatic imine (C=N–C) groups is 1. The summed E-state index contributed by atoms with van der Waals surface area (Å²) in [5, 5.41) is 8.94. The molecule has 50 heavy (non-hydrogen) atoms. The van der Waals surface area contributed by atoms with Crippen LogP contribution < -0.4 is 5.32 Å². The molecule has 2 aromatic heterocycles. The van der Waals surface area contributed by atoms with E-state index in [2.05, 4.69) is 186 Å². The van der Waals surface area contributed by atoms with E-state index in [1.807, 2.05) is 11.3 Å². The largest absolute Gasteiger partial charge is 0.359 e. The highest BCUT2D eigenvalue weighted by molar-refractivity contribution is 7.26. The van der Waals surface area contributed by atoms with Gasteiger partial charge in [-0.05, 0) is 58.7 Å². The van der Waals surface area contributed by atoms with Crippen molar-refractivity contribution in [3.05, 3.63) is 193 Å². The highest BCUT2D eigenvalue weighted by Gasteiger charge is 2.23. The number of para-hydroxylation sites is 1. The van der Waals surface area contributed by atoms with Crippen LogP contribution in [0.3, 0.4) is 0 Å². The number of allylic oxidation sites excluding steroid dienone is 1. The van der Waals surface area contributed by atoms with Crippen LogP contribution in [-0.2, 0) is 0 Å². The Kier molecular flexibility index (Phi) is 6.74. The number of hydrogen-bond donors (Lipinski definition) is 1. The Morgan fingerprint density at radius 3 is 2.08 bits per heavy atom. The summed E-state index contributed by atoms with van der Waals surface area (Å²) in [6.45, 7) is 0. The van der Waals surface area contributed by atoms with Gasteiger partial charge in [0, 0.05) is 47.9 Å². The second-order valence-electron chi connectivity index (χ2n) is 12.8. The van der Waals surface area contributed by atoms with Gasteiger partial charge in [0.15, 0.2) is 0 Å². The maximum Gasteiger partial charge on any atom is 0.145 e. The number of fused-ring (bicyclic) bond motifs is 6. The molecular weight excluding hydrogens is 627 g/mol. The van der Waals surface area contributed by atoms with Crippen LogP contribution in [0.2, 0.25) is 0 Å². The molecule has 9 aromatic rings. The number of hydrogen-bond acceptors (Lipinski definition) is 3. The molecule has 7 aromatic carbocycles. The molecule has 4 heteroatoms. The summed E-state index contributed by atoms with van der Waals surface area (Å²) in [6.07, 6.45) is 1.94. The van der Waals surface area contributed by atoms with E-state index in [0.29, 0.717) is 0 Å². The minimum absolute atomic E-state index is 0.275. The van der Waals surface area contributed by atoms with Crippen LogP contribution in [0.15, 0.2) is 181 Å². The smallest absolute Gasteiger partial charge is 0.145 e. The van der Waals surface area contributed by atoms with Crippen LogP contribution in [0, 0.1) is 0 Å². The third-order valence-electron chi connectivity index (χ3n) is 9.83. The third kappa shape index (κ3) is 4.76. The molecule has 10 rings (SSSR count). The van der Waals surface area contributed by atoms with Gasteiger partial charge in [0.1, 0.15) is 6.17 Å². The van der Waals surface area contributed by atoms with Crippen LogP contribution in [0.5, 0.6) is 0 Å². The first-order chi connectivity index (χ1) is 24.8. The van der Waals surface area contributed by atoms with Crippen LogP contribution in [0.25, 0.3) is 64.5 Å². The summed E-state index contributed by atoms with van der Waals surface area (Å²) >= 11 is 1.85. The lowest BCUT2D eigenvalue weighted by molar-refractivity contribution is 0.664. The molecule has 0 amide bonds. The fourth-order valence-corrected chi connectivity index (χ4v) is 8.70. The molecule has 1 aliphatic heterocycles. The van der Waals surface area contributed by atoms with Crippen molar-refractivity contribution in [1.29, 1.82) is 0 Å². The first-order valence-corrected chi connectivity index (χ1v) is 17.8. The van der Waals surface area contributed by atoms with Crippen molar-refractivity contribution in [1.82, 2.24) is 9.88 Å². The van der Waals surface area contributed by atoms with E-state index in [9.17, 15) is 0 Å². The third-order valence-corrected chi connectivity index (χ3v) is 11.1. The van der Waals surface area contributed by atoms with Crippen molar-refractivity contribution in [3.8, 4) is 16.8 Å². The Morgan fingerprint density at radius 2 is 1.22 bits per heavy atom. The lowest BCUT2D eigenvalue weighted by atomic mass is 10.0. The zero-order chi connectivity index (χ0) is 33.0. The van der Waals surface area contributed by atoms with Gasteiger partial charge in [-0.3, -0.25) is 4.99 Å². The summed E-state index contributed by atoms with van der Waals surface area (Å²) in [6, 6.07) is 60.9. The van der Waals surface area contributed by atoms with E-state index in [1.54, 1.807) is 0 Å². The molecule has 0 fully saturated rings. The molecule has 0 spiro atoms. The van der Waals surface area contributed by atoms with Crippen molar-refractivity contribution in [2.24, 2.45) is 4.99 Å². The number of thiophene rings is 1. The monoisotopic (exact) mass is 657 g/mol. The van der Waals surface area contributed by atoms with Gasteiger partial charge in [0.2, 0.25) is 0 Å². The number of benzene rings is 7. The Morgan fingerprint density at radius 1 is 0.520 bits per heavy atom. The van der Waals surface area contributed by atoms with E-state index >= 15 is 0 Å². The molecule has 0 saturated heterocycles. The molecule has 0 bridgehead atoms. The summed E-state index contributed by atoms with van der Waals surface area (Å²) in [7, 11) is 0. The second kappa shape index (κ2) is 11.7. The Hall–Kier alpha value is -6.23. The molecule has 0 aliphatic carbocycles. The zero-order valence-corrected chi connectivity index (χ0v) is 27.9. The van der Waals surface area contributed by atoms with E-state index in [1.165, 1.54) is 58.7 Å². The molecule has 1 atom stereocenters. The maximum atomic E-state index is 5.35. The van der Waals surface area contributed by atoms with Crippen LogP contribution in [-0.4, -0.2) is 10.3 Å². The first-order valence-electron chi connectivity index (χ1n) is 17.0. The van der Waals surface area contributed by atoms with E-state index < -0.39 is 0 Å². The van der Waals surface area contributed by atoms with Gasteiger partial charge in [-0.15, -0.1) is 11.3 Å². The van der Waals surface area contributed by atoms with Gasteiger partial charge in [-0.25, -0.2) is 0 Å². The molecule has 0 saturated carbocycles. The number of nitrogens with zero attached hydrogens (tertiary/aromatic N) is 2. The molecule has 0 radical (unpaired) electrons. The minimum atomic E-state index is -0.275. The highest BCUT2D eigenvalue weighted by atomic mass is 32.1. The zero-order valence-electron chi connectivity index (χ0n) is 27.1. The first kappa shape index (κ1) is 28.8. The molecule has 1 N–H and O–H groups in total. The topological polar surface area (TPSA) is 29.3 Å². The van der Waals surface area contributed by atoms with Gasteiger partial charge >= 0.3 is 0 Å². The fourth-order valence-electron chi connectivity index (χ4n) is 7.47. The van der Waals surface area contributed by atoms with Gasteiger partial charge in [-0.2, -0.15) is 0 Å². The molecule has 3 heterocycles. The van der Waals surface area contributed by atoms with Crippen LogP contribution in [0.1, 0.15) is 22.9 Å². The Bertz CT molecular complexity index is 2790. The van der Waals surface area contributed by atoms with Crippen molar-refractivity contribution in [2.45, 2.75) is 6.17 Å². The molecule has 1 unspecified atom stereocenters. The van der Waals surface area contributed by atoms with E-state index in [0.717, 1.165) is 28.2 Å². The fraction of sp³-hybridized carbons (Fsp3) is 0.0217. The van der Waals surface area contributed by atoms with Gasteiger partial charge in [-0.1, -0.05) is 140 Å². The predicted molar refractivity (Wildman–Crippen MR) is 212 cm³/mol. The van der Waals surface area contributed by atoms with Gasteiger partial charge < -0.3 is 9.88 Å². The number of rotatable bonds is 5.